The first-order valence-corrected chi connectivity index (χ1v) is 12.6. The fourth-order valence-electron chi connectivity index (χ4n) is 5.02. The zero-order valence-electron chi connectivity index (χ0n) is 17.9. The molecular formula is C22H30N4O4S. The van der Waals surface area contributed by atoms with Gasteiger partial charge >= 0.3 is 0 Å². The van der Waals surface area contributed by atoms with Gasteiger partial charge in [-0.05, 0) is 68.2 Å². The van der Waals surface area contributed by atoms with Gasteiger partial charge < -0.3 is 14.0 Å². The maximum Gasteiger partial charge on any atom is 0.243 e. The first-order chi connectivity index (χ1) is 15.0. The summed E-state index contributed by atoms with van der Waals surface area (Å²) < 4.78 is 42.0. The first kappa shape index (κ1) is 20.9. The van der Waals surface area contributed by atoms with Crippen molar-refractivity contribution in [3.63, 3.8) is 0 Å². The van der Waals surface area contributed by atoms with Crippen LogP contribution in [0.5, 0.6) is 5.75 Å². The van der Waals surface area contributed by atoms with E-state index in [1.807, 2.05) is 13.3 Å². The molecule has 3 fully saturated rings. The molecule has 9 heteroatoms. The number of nitrogens with zero attached hydrogens (tertiary/aromatic N) is 4. The SMILES string of the molecule is CCOc1ccc(S(=O)(=O)N2CC(c3nncn3CC3CC3)C3(CCOCC3)C2)cc1. The van der Waals surface area contributed by atoms with Crippen LogP contribution in [0, 0.1) is 11.3 Å². The lowest BCUT2D eigenvalue weighted by molar-refractivity contribution is 0.0129. The van der Waals surface area contributed by atoms with Crippen molar-refractivity contribution in [2.24, 2.45) is 11.3 Å². The largest absolute Gasteiger partial charge is 0.494 e. The smallest absolute Gasteiger partial charge is 0.243 e. The summed E-state index contributed by atoms with van der Waals surface area (Å²) in [6.07, 6.45) is 5.98. The Kier molecular flexibility index (Phi) is 5.52. The average molecular weight is 447 g/mol. The second-order valence-electron chi connectivity index (χ2n) is 9.01. The van der Waals surface area contributed by atoms with E-state index in [9.17, 15) is 8.42 Å². The molecule has 2 aromatic rings. The van der Waals surface area contributed by atoms with Gasteiger partial charge in [0.15, 0.2) is 0 Å². The van der Waals surface area contributed by atoms with Gasteiger partial charge in [-0.3, -0.25) is 0 Å². The highest BCUT2D eigenvalue weighted by Crippen LogP contribution is 2.50. The highest BCUT2D eigenvalue weighted by molar-refractivity contribution is 7.89. The van der Waals surface area contributed by atoms with Crippen LogP contribution in [-0.4, -0.2) is 60.4 Å². The lowest BCUT2D eigenvalue weighted by atomic mass is 9.72. The Morgan fingerprint density at radius 1 is 1.19 bits per heavy atom. The van der Waals surface area contributed by atoms with Crippen LogP contribution in [-0.2, 0) is 21.3 Å². The van der Waals surface area contributed by atoms with Gasteiger partial charge in [0.1, 0.15) is 17.9 Å². The molecule has 1 spiro atoms. The normalized spacial score (nSPS) is 24.0. The molecule has 3 aliphatic rings. The monoisotopic (exact) mass is 446 g/mol. The highest BCUT2D eigenvalue weighted by atomic mass is 32.2. The highest BCUT2D eigenvalue weighted by Gasteiger charge is 2.53. The number of aromatic nitrogens is 3. The standard InChI is InChI=1S/C22H30N4O4S/c1-2-30-18-5-7-19(8-6-18)31(27,28)26-14-20(22(15-26)9-11-29-12-10-22)21-24-23-16-25(21)13-17-3-4-17/h5-8,16-17,20H,2-4,9-15H2,1H3. The third kappa shape index (κ3) is 3.99. The van der Waals surface area contributed by atoms with E-state index in [-0.39, 0.29) is 11.3 Å². The molecule has 3 heterocycles. The van der Waals surface area contributed by atoms with E-state index in [1.54, 1.807) is 28.6 Å². The van der Waals surface area contributed by atoms with Gasteiger partial charge in [0.2, 0.25) is 10.0 Å². The molecule has 1 aliphatic carbocycles. The summed E-state index contributed by atoms with van der Waals surface area (Å²) >= 11 is 0. The molecule has 1 atom stereocenters. The number of sulfonamides is 1. The number of rotatable bonds is 7. The summed E-state index contributed by atoms with van der Waals surface area (Å²) in [5.41, 5.74) is -0.162. The Morgan fingerprint density at radius 2 is 1.94 bits per heavy atom. The van der Waals surface area contributed by atoms with Gasteiger partial charge in [0.05, 0.1) is 11.5 Å². The Labute approximate surface area is 183 Å². The van der Waals surface area contributed by atoms with Gasteiger partial charge in [-0.25, -0.2) is 8.42 Å². The van der Waals surface area contributed by atoms with E-state index < -0.39 is 10.0 Å². The molecule has 8 nitrogen and oxygen atoms in total. The average Bonchev–Trinajstić information content (AvgIpc) is 3.35. The third-order valence-electron chi connectivity index (χ3n) is 6.99. The van der Waals surface area contributed by atoms with Crippen molar-refractivity contribution in [3.05, 3.63) is 36.4 Å². The molecule has 0 amide bonds. The first-order valence-electron chi connectivity index (χ1n) is 11.2. The molecular weight excluding hydrogens is 416 g/mol. The summed E-state index contributed by atoms with van der Waals surface area (Å²) in [6.45, 7) is 5.62. The van der Waals surface area contributed by atoms with Crippen molar-refractivity contribution in [1.82, 2.24) is 19.1 Å². The van der Waals surface area contributed by atoms with Crippen molar-refractivity contribution >= 4 is 10.0 Å². The number of benzene rings is 1. The van der Waals surface area contributed by atoms with E-state index in [0.29, 0.717) is 49.5 Å². The van der Waals surface area contributed by atoms with Crippen LogP contribution in [0.15, 0.2) is 35.5 Å². The maximum absolute atomic E-state index is 13.5. The minimum atomic E-state index is -3.61. The van der Waals surface area contributed by atoms with Gasteiger partial charge in [-0.2, -0.15) is 4.31 Å². The Balaban J connectivity index is 1.45. The van der Waals surface area contributed by atoms with E-state index in [2.05, 4.69) is 14.8 Å². The fraction of sp³-hybridized carbons (Fsp3) is 0.636. The molecule has 31 heavy (non-hydrogen) atoms. The van der Waals surface area contributed by atoms with Crippen LogP contribution in [0.25, 0.3) is 0 Å². The predicted octanol–water partition coefficient (Wildman–Crippen LogP) is 2.67. The van der Waals surface area contributed by atoms with Crippen molar-refractivity contribution in [2.45, 2.75) is 50.0 Å². The fourth-order valence-corrected chi connectivity index (χ4v) is 6.57. The molecule has 0 N–H and O–H groups in total. The van der Waals surface area contributed by atoms with Gasteiger partial charge in [0.25, 0.3) is 0 Å². The summed E-state index contributed by atoms with van der Waals surface area (Å²) in [4.78, 5) is 0.304. The molecule has 0 bridgehead atoms. The van der Waals surface area contributed by atoms with Gasteiger partial charge in [-0.1, -0.05) is 0 Å². The second-order valence-corrected chi connectivity index (χ2v) is 11.0. The number of hydrogen-bond acceptors (Lipinski definition) is 6. The molecule has 5 rings (SSSR count). The molecule has 1 unspecified atom stereocenters. The van der Waals surface area contributed by atoms with Crippen molar-refractivity contribution < 1.29 is 17.9 Å². The molecule has 0 radical (unpaired) electrons. The van der Waals surface area contributed by atoms with Crippen LogP contribution < -0.4 is 4.74 Å². The zero-order chi connectivity index (χ0) is 21.5. The number of ether oxygens (including phenoxy) is 2. The third-order valence-corrected chi connectivity index (χ3v) is 8.81. The Morgan fingerprint density at radius 3 is 2.61 bits per heavy atom. The van der Waals surface area contributed by atoms with Crippen molar-refractivity contribution in [1.29, 1.82) is 0 Å². The van der Waals surface area contributed by atoms with Crippen LogP contribution in [0.4, 0.5) is 0 Å². The van der Waals surface area contributed by atoms with Crippen LogP contribution >= 0.6 is 0 Å². The molecule has 1 aromatic heterocycles. The van der Waals surface area contributed by atoms with Crippen LogP contribution in [0.1, 0.15) is 44.3 Å². The van der Waals surface area contributed by atoms with Crippen molar-refractivity contribution in [2.75, 3.05) is 32.9 Å². The molecule has 1 saturated carbocycles. The molecule has 1 aromatic carbocycles. The molecule has 168 valence electrons. The topological polar surface area (TPSA) is 86.6 Å². The summed E-state index contributed by atoms with van der Waals surface area (Å²) in [6, 6.07) is 6.72. The summed E-state index contributed by atoms with van der Waals surface area (Å²) in [5, 5.41) is 8.68. The lowest BCUT2D eigenvalue weighted by Gasteiger charge is -2.37. The van der Waals surface area contributed by atoms with Gasteiger partial charge in [-0.15, -0.1) is 10.2 Å². The van der Waals surface area contributed by atoms with E-state index in [4.69, 9.17) is 9.47 Å². The van der Waals surface area contributed by atoms with E-state index in [0.717, 1.165) is 25.2 Å². The number of hydrogen-bond donors (Lipinski definition) is 0. The van der Waals surface area contributed by atoms with Crippen LogP contribution in [0.2, 0.25) is 0 Å². The Bertz CT molecular complexity index is 1010. The van der Waals surface area contributed by atoms with Crippen molar-refractivity contribution in [3.8, 4) is 5.75 Å². The Hall–Kier alpha value is -1.97. The summed E-state index contributed by atoms with van der Waals surface area (Å²) in [5.74, 6) is 2.33. The lowest BCUT2D eigenvalue weighted by Crippen LogP contribution is -2.37. The van der Waals surface area contributed by atoms with E-state index in [1.165, 1.54) is 12.8 Å². The summed E-state index contributed by atoms with van der Waals surface area (Å²) in [7, 11) is -3.61. The zero-order valence-corrected chi connectivity index (χ0v) is 18.8. The van der Waals surface area contributed by atoms with Crippen LogP contribution in [0.3, 0.4) is 0 Å². The minimum Gasteiger partial charge on any atom is -0.494 e. The molecule has 2 saturated heterocycles. The maximum atomic E-state index is 13.5. The minimum absolute atomic E-state index is 0.0233. The second kappa shape index (κ2) is 8.18. The predicted molar refractivity (Wildman–Crippen MR) is 114 cm³/mol. The van der Waals surface area contributed by atoms with E-state index >= 15 is 0 Å². The quantitative estimate of drug-likeness (QED) is 0.650. The molecule has 2 aliphatic heterocycles. The van der Waals surface area contributed by atoms with Gasteiger partial charge in [0, 0.05) is 38.8 Å².